The smallest absolute Gasteiger partial charge is 0.193 e. The van der Waals surface area contributed by atoms with Crippen molar-refractivity contribution in [3.05, 3.63) is 289 Å². The summed E-state index contributed by atoms with van der Waals surface area (Å²) in [6.07, 6.45) is 12.6. The summed E-state index contributed by atoms with van der Waals surface area (Å²) in [6.45, 7) is 12.7. The van der Waals surface area contributed by atoms with Crippen LogP contribution < -0.4 is 61.6 Å². The minimum absolute atomic E-state index is 0. The molecule has 0 fully saturated rings. The largest absolute Gasteiger partial charge is 0.497 e. The first-order chi connectivity index (χ1) is 52.5. The van der Waals surface area contributed by atoms with Crippen molar-refractivity contribution in [2.45, 2.75) is 55.9 Å². The van der Waals surface area contributed by atoms with Gasteiger partial charge in [0.05, 0.1) is 85.3 Å². The van der Waals surface area contributed by atoms with Crippen LogP contribution in [0.1, 0.15) is 92.5 Å². The maximum atomic E-state index is 12.2. The Morgan fingerprint density at radius 2 is 0.495 bits per heavy atom. The summed E-state index contributed by atoms with van der Waals surface area (Å²) >= 11 is 0. The first-order valence-corrected chi connectivity index (χ1v) is 34.0. The Morgan fingerprint density at radius 3 is 0.734 bits per heavy atom. The average Bonchev–Trinajstić information content (AvgIpc) is 0.831. The molecule has 0 atom stereocenters. The Bertz CT molecular complexity index is 3990. The van der Waals surface area contributed by atoms with Gasteiger partial charge in [-0.1, -0.05) is 108 Å². The van der Waals surface area contributed by atoms with Crippen LogP contribution in [0.5, 0.6) is 80.5 Å². The molecule has 109 heavy (non-hydrogen) atoms. The predicted octanol–water partition coefficient (Wildman–Crippen LogP) is 22.2. The lowest BCUT2D eigenvalue weighted by Gasteiger charge is -2.09. The van der Waals surface area contributed by atoms with Crippen molar-refractivity contribution in [1.82, 2.24) is 0 Å². The number of terminal acetylenes is 2. The Kier molecular flexibility index (Phi) is 51.3. The van der Waals surface area contributed by atoms with Gasteiger partial charge in [-0.25, -0.2) is 0 Å². The van der Waals surface area contributed by atoms with Crippen molar-refractivity contribution in [3.8, 4) is 128 Å². The number of Topliss-reactive ketones (excluding diaryl/α,β-unsaturated/α-hetero) is 2. The normalized spacial score (nSPS) is 8.95. The van der Waals surface area contributed by atoms with Crippen LogP contribution in [0.2, 0.25) is 0 Å². The summed E-state index contributed by atoms with van der Waals surface area (Å²) in [7, 11) is 19.6. The van der Waals surface area contributed by atoms with E-state index in [0.717, 1.165) is 91.6 Å². The van der Waals surface area contributed by atoms with Crippen LogP contribution in [0, 0.1) is 25.2 Å². The topological polar surface area (TPSA) is 171 Å². The maximum Gasteiger partial charge on any atom is 0.193 e. The zero-order valence-corrected chi connectivity index (χ0v) is 65.7. The monoisotopic (exact) mass is 1480 g/mol. The van der Waals surface area contributed by atoms with Crippen LogP contribution in [-0.2, 0) is 0 Å². The second kappa shape index (κ2) is 58.2. The SMILES string of the molecule is C.C#C.C#CC.CC.CC.CC(=O)c1ccc(C(C)=O)c(-c2ccccc2)c1.COc1ccc(-c2ccc(OC)cc2)cc1.COc1ccc(C(=O)c2ccc(OC)cc2)cc1.COc1ccc(OC)cc1.COc1ccc(OC)cc1.COc1ccc(Oc2ccc(OC)cc2)cc1.COc1cccc(OC)c1. The van der Waals surface area contributed by atoms with Crippen LogP contribution in [0.3, 0.4) is 0 Å². The van der Waals surface area contributed by atoms with Gasteiger partial charge in [0, 0.05) is 28.3 Å². The molecule has 0 radical (unpaired) electrons. The number of hydrogen-bond donors (Lipinski definition) is 0. The molecule has 0 N–H and O–H groups in total. The van der Waals surface area contributed by atoms with E-state index in [1.165, 1.54) is 25.0 Å². The van der Waals surface area contributed by atoms with Gasteiger partial charge in [-0.3, -0.25) is 14.4 Å². The number of ether oxygens (including phenoxy) is 13. The van der Waals surface area contributed by atoms with E-state index in [0.29, 0.717) is 22.3 Å². The van der Waals surface area contributed by atoms with Crippen LogP contribution >= 0.6 is 0 Å². The zero-order valence-electron chi connectivity index (χ0n) is 65.7. The van der Waals surface area contributed by atoms with Crippen molar-refractivity contribution in [2.75, 3.05) is 85.3 Å². The standard InChI is InChI=1S/C16H14O2.C15H14O3.C14H14O3.C14H14O2.3C8H10O2.C3H4.2C2H6.C2H2.CH4/c1-11(17)14-8-9-15(12(2)18)16(10-14)13-6-4-3-5-7-13;1-17-13-7-3-11(4-8-13)15(16)12-5-9-14(18-2)10-6-12;1-15-11-3-7-13(8-4-11)17-14-9-5-12(16-2)6-10-14;1-15-13-7-3-11(4-8-13)12-5-9-14(16-2)10-6-12;2*1-9-7-3-5-8(10-2)6-4-7;1-9-7-4-3-5-8(6-7)10-2;1-3-2;3*1-2;/h2*3-10H,1-2H3;3-10H,1-2H3;3-10H,1-2H3;3*3-6H,1-2H3;1H,2H3;2*1-2H3;1-2H;1H4. The number of methoxy groups -OCH3 is 12. The second-order valence-corrected chi connectivity index (χ2v) is 20.9. The molecular formula is C93H108O16. The van der Waals surface area contributed by atoms with Gasteiger partial charge in [0.2, 0.25) is 0 Å². The third kappa shape index (κ3) is 36.5. The molecule has 0 aliphatic rings. The molecule has 11 aromatic rings. The number of benzene rings is 11. The molecule has 0 bridgehead atoms. The van der Waals surface area contributed by atoms with E-state index in [4.69, 9.17) is 61.6 Å². The number of ketones is 3. The van der Waals surface area contributed by atoms with Gasteiger partial charge in [-0.2, -0.15) is 0 Å². The molecule has 0 amide bonds. The molecule has 0 aromatic heterocycles. The molecular weight excluding hydrogens is 1370 g/mol. The lowest BCUT2D eigenvalue weighted by Crippen LogP contribution is -2.01. The highest BCUT2D eigenvalue weighted by Gasteiger charge is 2.13. The zero-order chi connectivity index (χ0) is 80.4. The Balaban J connectivity index is 0.00000124. The quantitative estimate of drug-likeness (QED) is 0.0521. The Morgan fingerprint density at radius 1 is 0.266 bits per heavy atom. The minimum Gasteiger partial charge on any atom is -0.497 e. The van der Waals surface area contributed by atoms with Gasteiger partial charge in [0.15, 0.2) is 17.3 Å². The highest BCUT2D eigenvalue weighted by Crippen LogP contribution is 2.29. The van der Waals surface area contributed by atoms with Crippen LogP contribution in [0.4, 0.5) is 0 Å². The molecule has 11 aromatic carbocycles. The van der Waals surface area contributed by atoms with Gasteiger partial charge >= 0.3 is 0 Å². The summed E-state index contributed by atoms with van der Waals surface area (Å²) in [6, 6.07) is 82.2. The molecule has 576 valence electrons. The van der Waals surface area contributed by atoms with E-state index in [9.17, 15) is 14.4 Å². The fraction of sp³-hybridized carbons (Fsp3) is 0.215. The molecule has 16 nitrogen and oxygen atoms in total. The molecule has 0 saturated carbocycles. The van der Waals surface area contributed by atoms with Crippen molar-refractivity contribution in [2.24, 2.45) is 0 Å². The first-order valence-electron chi connectivity index (χ1n) is 34.0. The molecule has 0 saturated heterocycles. The molecule has 16 heteroatoms. The van der Waals surface area contributed by atoms with Gasteiger partial charge < -0.3 is 61.6 Å². The highest BCUT2D eigenvalue weighted by molar-refractivity contribution is 6.09. The van der Waals surface area contributed by atoms with Gasteiger partial charge in [-0.05, 0) is 231 Å². The van der Waals surface area contributed by atoms with Gasteiger partial charge in [0.25, 0.3) is 0 Å². The van der Waals surface area contributed by atoms with Crippen molar-refractivity contribution < 1.29 is 76.0 Å². The van der Waals surface area contributed by atoms with Gasteiger partial charge in [0.1, 0.15) is 80.5 Å². The number of rotatable bonds is 20. The van der Waals surface area contributed by atoms with E-state index >= 15 is 0 Å². The van der Waals surface area contributed by atoms with E-state index < -0.39 is 0 Å². The van der Waals surface area contributed by atoms with E-state index in [-0.39, 0.29) is 24.8 Å². The molecule has 11 rings (SSSR count). The molecule has 0 aliphatic heterocycles. The Labute approximate surface area is 648 Å². The average molecular weight is 1480 g/mol. The first kappa shape index (κ1) is 95.9. The van der Waals surface area contributed by atoms with Crippen LogP contribution in [0.15, 0.2) is 267 Å². The lowest BCUT2D eigenvalue weighted by atomic mass is 9.94. The van der Waals surface area contributed by atoms with Crippen molar-refractivity contribution in [1.29, 1.82) is 0 Å². The van der Waals surface area contributed by atoms with Gasteiger partial charge in [-0.15, -0.1) is 25.2 Å². The third-order valence-electron chi connectivity index (χ3n) is 14.3. The van der Waals surface area contributed by atoms with Crippen LogP contribution in [0.25, 0.3) is 22.3 Å². The summed E-state index contributed by atoms with van der Waals surface area (Å²) in [5.74, 6) is 13.7. The Hall–Kier alpha value is -13.1. The molecule has 0 spiro atoms. The number of carbonyl (C=O) groups excluding carboxylic acids is 3. The molecule has 0 heterocycles. The number of carbonyl (C=O) groups is 3. The molecule has 0 aliphatic carbocycles. The highest BCUT2D eigenvalue weighted by atomic mass is 16.5. The third-order valence-corrected chi connectivity index (χ3v) is 14.3. The summed E-state index contributed by atoms with van der Waals surface area (Å²) in [5, 5.41) is 0. The van der Waals surface area contributed by atoms with Crippen LogP contribution in [-0.4, -0.2) is 103 Å². The lowest BCUT2D eigenvalue weighted by molar-refractivity contribution is 0.100. The number of hydrogen-bond acceptors (Lipinski definition) is 16. The fourth-order valence-corrected chi connectivity index (χ4v) is 8.72. The summed E-state index contributed by atoms with van der Waals surface area (Å²) in [4.78, 5) is 35.2. The van der Waals surface area contributed by atoms with E-state index in [2.05, 4.69) is 25.2 Å². The summed E-state index contributed by atoms with van der Waals surface area (Å²) in [5.41, 5.74) is 6.65. The fourth-order valence-electron chi connectivity index (χ4n) is 8.72. The maximum absolute atomic E-state index is 12.2. The van der Waals surface area contributed by atoms with Crippen molar-refractivity contribution >= 4 is 17.3 Å². The second-order valence-electron chi connectivity index (χ2n) is 20.9. The summed E-state index contributed by atoms with van der Waals surface area (Å²) < 4.78 is 66.0. The minimum atomic E-state index is -0.0136. The van der Waals surface area contributed by atoms with E-state index in [1.807, 2.05) is 228 Å². The van der Waals surface area contributed by atoms with E-state index in [1.54, 1.807) is 159 Å². The van der Waals surface area contributed by atoms with Crippen molar-refractivity contribution in [3.63, 3.8) is 0 Å². The predicted molar refractivity (Wildman–Crippen MR) is 445 cm³/mol. The molecule has 0 unspecified atom stereocenters.